The van der Waals surface area contributed by atoms with E-state index >= 15 is 0 Å². The van der Waals surface area contributed by atoms with Crippen LogP contribution in [-0.4, -0.2) is 13.0 Å². The van der Waals surface area contributed by atoms with Crippen LogP contribution in [0.5, 0.6) is 5.75 Å². The second kappa shape index (κ2) is 5.28. The van der Waals surface area contributed by atoms with E-state index in [0.29, 0.717) is 17.0 Å². The lowest BCUT2D eigenvalue weighted by molar-refractivity contribution is 0.0998. The normalized spacial score (nSPS) is 10.6. The largest absolute Gasteiger partial charge is 0.497 e. The van der Waals surface area contributed by atoms with Gasteiger partial charge in [-0.15, -0.1) is 0 Å². The number of carbonyl (C=O) groups is 1. The second-order valence-electron chi connectivity index (χ2n) is 4.48. The predicted octanol–water partition coefficient (Wildman–Crippen LogP) is 3.83. The van der Waals surface area contributed by atoms with E-state index in [-0.39, 0.29) is 5.76 Å². The highest BCUT2D eigenvalue weighted by Gasteiger charge is 2.13. The van der Waals surface area contributed by atoms with Crippen molar-refractivity contribution in [1.29, 1.82) is 0 Å². The molecule has 0 radical (unpaired) electrons. The number of anilines is 1. The molecule has 4 nitrogen and oxygen atoms in total. The van der Waals surface area contributed by atoms with E-state index in [4.69, 9.17) is 9.15 Å². The fourth-order valence-corrected chi connectivity index (χ4v) is 2.02. The monoisotopic (exact) mass is 285 g/mol. The lowest BCUT2D eigenvalue weighted by Crippen LogP contribution is -2.10. The number of nitrogens with one attached hydrogen (secondary N) is 1. The summed E-state index contributed by atoms with van der Waals surface area (Å²) in [5.74, 6) is -0.0131. The van der Waals surface area contributed by atoms with Gasteiger partial charge in [-0.05, 0) is 42.5 Å². The highest BCUT2D eigenvalue weighted by Crippen LogP contribution is 2.24. The summed E-state index contributed by atoms with van der Waals surface area (Å²) in [5.41, 5.74) is 0.957. The standard InChI is InChI=1S/C16H12FNO3/c1-20-13-5-6-14-10(7-13)8-15(21-14)16(19)18-12-4-2-3-11(17)9-12/h2-9H,1H3,(H,18,19). The van der Waals surface area contributed by atoms with Gasteiger partial charge in [0.05, 0.1) is 7.11 Å². The molecule has 0 unspecified atom stereocenters. The van der Waals surface area contributed by atoms with Crippen molar-refractivity contribution in [2.75, 3.05) is 12.4 Å². The minimum Gasteiger partial charge on any atom is -0.497 e. The van der Waals surface area contributed by atoms with Gasteiger partial charge in [-0.3, -0.25) is 4.79 Å². The smallest absolute Gasteiger partial charge is 0.291 e. The molecule has 2 aromatic carbocycles. The summed E-state index contributed by atoms with van der Waals surface area (Å²) in [4.78, 5) is 12.1. The van der Waals surface area contributed by atoms with Gasteiger partial charge in [0.25, 0.3) is 5.91 Å². The molecule has 1 aromatic heterocycles. The maximum atomic E-state index is 13.1. The van der Waals surface area contributed by atoms with Crippen LogP contribution in [0.15, 0.2) is 52.9 Å². The third kappa shape index (κ3) is 2.72. The van der Waals surface area contributed by atoms with Crippen LogP contribution in [0.4, 0.5) is 10.1 Å². The molecule has 3 aromatic rings. The van der Waals surface area contributed by atoms with Gasteiger partial charge in [0.2, 0.25) is 0 Å². The van der Waals surface area contributed by atoms with Gasteiger partial charge in [0.15, 0.2) is 5.76 Å². The van der Waals surface area contributed by atoms with Crippen molar-refractivity contribution < 1.29 is 18.3 Å². The SMILES string of the molecule is COc1ccc2oc(C(=O)Nc3cccc(F)c3)cc2c1. The molecule has 1 amide bonds. The van der Waals surface area contributed by atoms with Crippen LogP contribution in [0, 0.1) is 5.82 Å². The van der Waals surface area contributed by atoms with E-state index in [1.165, 1.54) is 18.2 Å². The Hall–Kier alpha value is -2.82. The Kier molecular flexibility index (Phi) is 3.31. The molecular formula is C16H12FNO3. The summed E-state index contributed by atoms with van der Waals surface area (Å²) in [7, 11) is 1.57. The average molecular weight is 285 g/mol. The fourth-order valence-electron chi connectivity index (χ4n) is 2.02. The Labute approximate surface area is 120 Å². The number of hydrogen-bond acceptors (Lipinski definition) is 3. The summed E-state index contributed by atoms with van der Waals surface area (Å²) >= 11 is 0. The summed E-state index contributed by atoms with van der Waals surface area (Å²) < 4.78 is 23.7. The quantitative estimate of drug-likeness (QED) is 0.795. The Morgan fingerprint density at radius 3 is 2.81 bits per heavy atom. The average Bonchev–Trinajstić information content (AvgIpc) is 2.90. The van der Waals surface area contributed by atoms with E-state index in [1.807, 2.05) is 0 Å². The molecule has 0 aliphatic carbocycles. The van der Waals surface area contributed by atoms with E-state index in [2.05, 4.69) is 5.32 Å². The first-order chi connectivity index (χ1) is 10.2. The summed E-state index contributed by atoms with van der Waals surface area (Å²) in [6.45, 7) is 0. The van der Waals surface area contributed by atoms with Crippen molar-refractivity contribution in [3.63, 3.8) is 0 Å². The van der Waals surface area contributed by atoms with Crippen LogP contribution in [0.1, 0.15) is 10.6 Å². The first-order valence-electron chi connectivity index (χ1n) is 6.30. The minimum absolute atomic E-state index is 0.155. The Balaban J connectivity index is 1.87. The summed E-state index contributed by atoms with van der Waals surface area (Å²) in [6.07, 6.45) is 0. The van der Waals surface area contributed by atoms with Crippen LogP contribution < -0.4 is 10.1 Å². The number of hydrogen-bond donors (Lipinski definition) is 1. The number of furan rings is 1. The van der Waals surface area contributed by atoms with E-state index < -0.39 is 11.7 Å². The van der Waals surface area contributed by atoms with Crippen molar-refractivity contribution >= 4 is 22.6 Å². The van der Waals surface area contributed by atoms with Gasteiger partial charge >= 0.3 is 0 Å². The third-order valence-corrected chi connectivity index (χ3v) is 3.03. The number of amides is 1. The second-order valence-corrected chi connectivity index (χ2v) is 4.48. The molecule has 0 spiro atoms. The third-order valence-electron chi connectivity index (χ3n) is 3.03. The number of benzene rings is 2. The zero-order valence-corrected chi connectivity index (χ0v) is 11.2. The molecule has 5 heteroatoms. The van der Waals surface area contributed by atoms with Crippen molar-refractivity contribution in [3.05, 3.63) is 60.1 Å². The van der Waals surface area contributed by atoms with Crippen LogP contribution >= 0.6 is 0 Å². The van der Waals surface area contributed by atoms with Crippen LogP contribution in [-0.2, 0) is 0 Å². The number of ether oxygens (including phenoxy) is 1. The van der Waals surface area contributed by atoms with Crippen molar-refractivity contribution in [2.24, 2.45) is 0 Å². The molecule has 0 fully saturated rings. The molecule has 0 saturated carbocycles. The Morgan fingerprint density at radius 2 is 2.05 bits per heavy atom. The molecular weight excluding hydrogens is 273 g/mol. The van der Waals surface area contributed by atoms with Gasteiger partial charge in [-0.25, -0.2) is 4.39 Å². The van der Waals surface area contributed by atoms with Crippen molar-refractivity contribution in [2.45, 2.75) is 0 Å². The molecule has 1 N–H and O–H groups in total. The van der Waals surface area contributed by atoms with Crippen LogP contribution in [0.3, 0.4) is 0 Å². The number of fused-ring (bicyclic) bond motifs is 1. The highest BCUT2D eigenvalue weighted by atomic mass is 19.1. The van der Waals surface area contributed by atoms with E-state index in [0.717, 1.165) is 5.39 Å². The van der Waals surface area contributed by atoms with Gasteiger partial charge < -0.3 is 14.5 Å². The maximum absolute atomic E-state index is 13.1. The maximum Gasteiger partial charge on any atom is 0.291 e. The summed E-state index contributed by atoms with van der Waals surface area (Å²) in [6, 6.07) is 12.5. The molecule has 3 rings (SSSR count). The molecule has 0 bridgehead atoms. The fraction of sp³-hybridized carbons (Fsp3) is 0.0625. The van der Waals surface area contributed by atoms with Gasteiger partial charge in [0.1, 0.15) is 17.1 Å². The molecule has 0 aliphatic rings. The minimum atomic E-state index is -0.434. The Morgan fingerprint density at radius 1 is 1.19 bits per heavy atom. The highest BCUT2D eigenvalue weighted by molar-refractivity contribution is 6.04. The molecule has 0 atom stereocenters. The first kappa shape index (κ1) is 13.2. The zero-order valence-electron chi connectivity index (χ0n) is 11.2. The molecule has 1 heterocycles. The first-order valence-corrected chi connectivity index (χ1v) is 6.30. The lowest BCUT2D eigenvalue weighted by atomic mass is 10.2. The van der Waals surface area contributed by atoms with E-state index in [9.17, 15) is 9.18 Å². The lowest BCUT2D eigenvalue weighted by Gasteiger charge is -2.02. The van der Waals surface area contributed by atoms with E-state index in [1.54, 1.807) is 37.4 Å². The van der Waals surface area contributed by atoms with Gasteiger partial charge in [-0.1, -0.05) is 6.07 Å². The summed E-state index contributed by atoms with van der Waals surface area (Å²) in [5, 5.41) is 3.35. The van der Waals surface area contributed by atoms with Crippen LogP contribution in [0.2, 0.25) is 0 Å². The van der Waals surface area contributed by atoms with Crippen molar-refractivity contribution in [1.82, 2.24) is 0 Å². The number of methoxy groups -OCH3 is 1. The zero-order chi connectivity index (χ0) is 14.8. The van der Waals surface area contributed by atoms with Crippen LogP contribution in [0.25, 0.3) is 11.0 Å². The number of rotatable bonds is 3. The van der Waals surface area contributed by atoms with Crippen molar-refractivity contribution in [3.8, 4) is 5.75 Å². The van der Waals surface area contributed by atoms with Gasteiger partial charge in [0, 0.05) is 11.1 Å². The molecule has 106 valence electrons. The molecule has 0 aliphatic heterocycles. The number of carbonyl (C=O) groups excluding carboxylic acids is 1. The molecule has 0 saturated heterocycles. The predicted molar refractivity (Wildman–Crippen MR) is 77.1 cm³/mol. The number of halogens is 1. The molecule has 21 heavy (non-hydrogen) atoms. The topological polar surface area (TPSA) is 51.5 Å². The Bertz CT molecular complexity index is 810. The van der Waals surface area contributed by atoms with Gasteiger partial charge in [-0.2, -0.15) is 0 Å².